The Morgan fingerprint density at radius 1 is 0.946 bits per heavy atom. The Hall–Kier alpha value is -2.21. The summed E-state index contributed by atoms with van der Waals surface area (Å²) in [5.41, 5.74) is 8.22. The van der Waals surface area contributed by atoms with E-state index in [1.165, 1.54) is 12.7 Å². The zero-order valence-electron chi connectivity index (χ0n) is 19.1. The van der Waals surface area contributed by atoms with Crippen LogP contribution in [0.5, 0.6) is 0 Å². The minimum Gasteiger partial charge on any atom is -0.386 e. The molecule has 37 heavy (non-hydrogen) atoms. The van der Waals surface area contributed by atoms with Crippen LogP contribution in [0.4, 0.5) is 5.82 Å². The molecule has 194 valence electrons. The topological polar surface area (TPSA) is 118 Å². The SMILES string of the molecule is Nc1ncnc2c1ncn2[C@@H]1O[C@H](COCc2ccc(Cl)cc2Cl)[C@@H](OCc2ccc(Cl)cc2Cl)[C@H]1O. The first-order valence-corrected chi connectivity index (χ1v) is 12.7. The van der Waals surface area contributed by atoms with Crippen LogP contribution in [0.15, 0.2) is 49.1 Å². The van der Waals surface area contributed by atoms with Crippen LogP contribution in [-0.4, -0.2) is 49.5 Å². The van der Waals surface area contributed by atoms with Gasteiger partial charge < -0.3 is 25.1 Å². The van der Waals surface area contributed by atoms with Gasteiger partial charge in [-0.2, -0.15) is 0 Å². The van der Waals surface area contributed by atoms with Gasteiger partial charge in [-0.25, -0.2) is 15.0 Å². The number of imidazole rings is 1. The van der Waals surface area contributed by atoms with E-state index in [4.69, 9.17) is 66.3 Å². The summed E-state index contributed by atoms with van der Waals surface area (Å²) in [5, 5.41) is 13.3. The normalized spacial score (nSPS) is 21.6. The minimum absolute atomic E-state index is 0.106. The van der Waals surface area contributed by atoms with Gasteiger partial charge in [-0.15, -0.1) is 0 Å². The molecular formula is C24H21Cl4N5O4. The quantitative estimate of drug-likeness (QED) is 0.294. The number of aromatic nitrogens is 4. The van der Waals surface area contributed by atoms with E-state index in [0.717, 1.165) is 5.56 Å². The maximum absolute atomic E-state index is 11.3. The van der Waals surface area contributed by atoms with Crippen molar-refractivity contribution in [2.45, 2.75) is 37.8 Å². The number of benzene rings is 2. The van der Waals surface area contributed by atoms with Gasteiger partial charge in [-0.1, -0.05) is 58.5 Å². The Bertz CT molecular complexity index is 1420. The number of fused-ring (bicyclic) bond motifs is 1. The van der Waals surface area contributed by atoms with Crippen LogP contribution in [0.2, 0.25) is 20.1 Å². The number of halogens is 4. The van der Waals surface area contributed by atoms with E-state index in [9.17, 15) is 5.11 Å². The summed E-state index contributed by atoms with van der Waals surface area (Å²) in [6.45, 7) is 0.437. The van der Waals surface area contributed by atoms with E-state index < -0.39 is 24.5 Å². The molecule has 2 aromatic carbocycles. The highest BCUT2D eigenvalue weighted by Crippen LogP contribution is 2.35. The average molecular weight is 585 g/mol. The average Bonchev–Trinajstić information content (AvgIpc) is 3.42. The Morgan fingerprint density at radius 3 is 2.30 bits per heavy atom. The Kier molecular flexibility index (Phi) is 8.04. The van der Waals surface area contributed by atoms with Crippen molar-refractivity contribution in [3.63, 3.8) is 0 Å². The second-order valence-corrected chi connectivity index (χ2v) is 10.1. The predicted octanol–water partition coefficient (Wildman–Crippen LogP) is 5.08. The number of anilines is 1. The van der Waals surface area contributed by atoms with Crippen molar-refractivity contribution in [3.05, 3.63) is 80.3 Å². The Morgan fingerprint density at radius 2 is 1.62 bits per heavy atom. The third-order valence-electron chi connectivity index (χ3n) is 5.97. The van der Waals surface area contributed by atoms with Crippen molar-refractivity contribution in [2.75, 3.05) is 12.3 Å². The van der Waals surface area contributed by atoms with Gasteiger partial charge in [0.25, 0.3) is 0 Å². The van der Waals surface area contributed by atoms with Crippen LogP contribution in [0.3, 0.4) is 0 Å². The lowest BCUT2D eigenvalue weighted by molar-refractivity contribution is -0.0822. The second-order valence-electron chi connectivity index (χ2n) is 8.40. The second kappa shape index (κ2) is 11.3. The molecule has 0 spiro atoms. The molecule has 1 saturated heterocycles. The summed E-state index contributed by atoms with van der Waals surface area (Å²) in [6, 6.07) is 10.3. The molecule has 4 atom stereocenters. The molecule has 0 aliphatic carbocycles. The van der Waals surface area contributed by atoms with Crippen molar-refractivity contribution in [3.8, 4) is 0 Å². The summed E-state index contributed by atoms with van der Waals surface area (Å²) in [7, 11) is 0. The number of aliphatic hydroxyl groups is 1. The van der Waals surface area contributed by atoms with Crippen LogP contribution in [0, 0.1) is 0 Å². The van der Waals surface area contributed by atoms with E-state index in [0.29, 0.717) is 36.8 Å². The maximum atomic E-state index is 11.3. The molecular weight excluding hydrogens is 564 g/mol. The molecule has 9 nitrogen and oxygen atoms in total. The standard InChI is InChI=1S/C24H21Cl4N5O4/c25-14-3-1-12(16(27)5-14)7-35-9-18-21(36-8-13-2-4-15(26)6-17(13)28)20(34)24(37-18)33-11-32-19-22(29)30-10-31-23(19)33/h1-6,10-11,18,20-21,24,34H,7-9H2,(H2,29,30,31)/t18-,20-,21-,24-/m1/s1. The lowest BCUT2D eigenvalue weighted by Crippen LogP contribution is -2.36. The smallest absolute Gasteiger partial charge is 0.167 e. The van der Waals surface area contributed by atoms with Gasteiger partial charge in [0.05, 0.1) is 26.1 Å². The summed E-state index contributed by atoms with van der Waals surface area (Å²) in [4.78, 5) is 12.5. The van der Waals surface area contributed by atoms with Gasteiger partial charge >= 0.3 is 0 Å². The molecule has 2 aromatic heterocycles. The highest BCUT2D eigenvalue weighted by molar-refractivity contribution is 6.35. The molecule has 0 saturated carbocycles. The maximum Gasteiger partial charge on any atom is 0.167 e. The summed E-state index contributed by atoms with van der Waals surface area (Å²) >= 11 is 24.6. The Balaban J connectivity index is 1.36. The first kappa shape index (κ1) is 26.4. The van der Waals surface area contributed by atoms with Gasteiger partial charge in [-0.3, -0.25) is 4.57 Å². The lowest BCUT2D eigenvalue weighted by atomic mass is 10.1. The largest absolute Gasteiger partial charge is 0.386 e. The summed E-state index contributed by atoms with van der Waals surface area (Å²) < 4.78 is 19.8. The van der Waals surface area contributed by atoms with Crippen molar-refractivity contribution in [1.82, 2.24) is 19.5 Å². The van der Waals surface area contributed by atoms with E-state index in [-0.39, 0.29) is 25.6 Å². The molecule has 5 rings (SSSR count). The molecule has 0 bridgehead atoms. The van der Waals surface area contributed by atoms with Crippen molar-refractivity contribution in [2.24, 2.45) is 0 Å². The molecule has 1 aliphatic rings. The monoisotopic (exact) mass is 583 g/mol. The molecule has 0 unspecified atom stereocenters. The van der Waals surface area contributed by atoms with Crippen LogP contribution >= 0.6 is 46.4 Å². The number of aliphatic hydroxyl groups excluding tert-OH is 1. The Labute approximate surface area is 232 Å². The fourth-order valence-electron chi connectivity index (χ4n) is 4.09. The molecule has 1 aliphatic heterocycles. The molecule has 1 fully saturated rings. The first-order chi connectivity index (χ1) is 17.8. The van der Waals surface area contributed by atoms with E-state index >= 15 is 0 Å². The zero-order chi connectivity index (χ0) is 26.1. The lowest BCUT2D eigenvalue weighted by Gasteiger charge is -2.21. The van der Waals surface area contributed by atoms with E-state index in [2.05, 4.69) is 15.0 Å². The number of ether oxygens (including phenoxy) is 3. The number of rotatable bonds is 8. The molecule has 0 radical (unpaired) electrons. The first-order valence-electron chi connectivity index (χ1n) is 11.2. The number of hydrogen-bond donors (Lipinski definition) is 2. The summed E-state index contributed by atoms with van der Waals surface area (Å²) in [6.07, 6.45) is -0.551. The third-order valence-corrected chi connectivity index (χ3v) is 7.15. The van der Waals surface area contributed by atoms with Gasteiger partial charge in [-0.05, 0) is 35.4 Å². The zero-order valence-corrected chi connectivity index (χ0v) is 22.1. The molecule has 3 N–H and O–H groups in total. The molecule has 0 amide bonds. The number of nitrogens with two attached hydrogens (primary N) is 1. The third kappa shape index (κ3) is 5.64. The van der Waals surface area contributed by atoms with Crippen LogP contribution in [0.1, 0.15) is 17.4 Å². The molecule has 13 heteroatoms. The molecule has 4 aromatic rings. The highest BCUT2D eigenvalue weighted by atomic mass is 35.5. The number of nitrogen functional groups attached to an aromatic ring is 1. The van der Waals surface area contributed by atoms with Gasteiger partial charge in [0, 0.05) is 20.1 Å². The number of nitrogens with zero attached hydrogens (tertiary/aromatic N) is 4. The van der Waals surface area contributed by atoms with E-state index in [1.54, 1.807) is 41.0 Å². The predicted molar refractivity (Wildman–Crippen MR) is 141 cm³/mol. The highest BCUT2D eigenvalue weighted by Gasteiger charge is 2.46. The van der Waals surface area contributed by atoms with Crippen molar-refractivity contribution >= 4 is 63.4 Å². The van der Waals surface area contributed by atoms with Crippen LogP contribution in [-0.2, 0) is 27.4 Å². The van der Waals surface area contributed by atoms with Crippen LogP contribution < -0.4 is 5.73 Å². The molecule has 3 heterocycles. The fraction of sp³-hybridized carbons (Fsp3) is 0.292. The van der Waals surface area contributed by atoms with Crippen LogP contribution in [0.25, 0.3) is 11.2 Å². The van der Waals surface area contributed by atoms with E-state index in [1.807, 2.05) is 0 Å². The van der Waals surface area contributed by atoms with Gasteiger partial charge in [0.15, 0.2) is 17.7 Å². The van der Waals surface area contributed by atoms with Crippen molar-refractivity contribution < 1.29 is 19.3 Å². The minimum atomic E-state index is -1.09. The fourth-order valence-corrected chi connectivity index (χ4v) is 5.02. The van der Waals surface area contributed by atoms with Crippen molar-refractivity contribution in [1.29, 1.82) is 0 Å². The van der Waals surface area contributed by atoms with Gasteiger partial charge in [0.2, 0.25) is 0 Å². The van der Waals surface area contributed by atoms with Gasteiger partial charge in [0.1, 0.15) is 30.2 Å². The number of hydrogen-bond acceptors (Lipinski definition) is 8. The summed E-state index contributed by atoms with van der Waals surface area (Å²) in [5.74, 6) is 0.223.